The molecule has 11 nitrogen and oxygen atoms in total. The predicted molar refractivity (Wildman–Crippen MR) is 101 cm³/mol. The zero-order valence-electron chi connectivity index (χ0n) is 14.9. The van der Waals surface area contributed by atoms with E-state index in [1.807, 2.05) is 0 Å². The minimum Gasteiger partial charge on any atom is -0.467 e. The van der Waals surface area contributed by atoms with Crippen LogP contribution in [-0.4, -0.2) is 26.5 Å². The molecule has 0 aromatic carbocycles. The van der Waals surface area contributed by atoms with Gasteiger partial charge in [-0.1, -0.05) is 0 Å². The molecule has 3 aromatic rings. The summed E-state index contributed by atoms with van der Waals surface area (Å²) in [5.41, 5.74) is 1.61. The van der Waals surface area contributed by atoms with Gasteiger partial charge in [-0.3, -0.25) is 19.7 Å². The zero-order chi connectivity index (χ0) is 20.4. The molecular weight excluding hydrogens is 402 g/mol. The molecule has 0 fully saturated rings. The number of anilines is 1. The van der Waals surface area contributed by atoms with E-state index >= 15 is 0 Å². The van der Waals surface area contributed by atoms with Crippen molar-refractivity contribution in [1.29, 1.82) is 0 Å². The fourth-order valence-corrected chi connectivity index (χ4v) is 3.86. The van der Waals surface area contributed by atoms with Crippen LogP contribution in [0.25, 0.3) is 0 Å². The molecule has 0 atom stereocenters. The first-order valence-corrected chi connectivity index (χ1v) is 9.67. The number of nitro groups is 1. The van der Waals surface area contributed by atoms with Crippen LogP contribution in [0.1, 0.15) is 27.6 Å². The van der Waals surface area contributed by atoms with Crippen LogP contribution in [0.3, 0.4) is 0 Å². The van der Waals surface area contributed by atoms with Crippen LogP contribution in [0, 0.1) is 10.1 Å². The molecule has 0 unspecified atom stereocenters. The molecule has 12 heteroatoms. The molecular formula is C17H15N5O6S. The van der Waals surface area contributed by atoms with E-state index in [9.17, 15) is 19.7 Å². The van der Waals surface area contributed by atoms with Gasteiger partial charge in [0.25, 0.3) is 5.91 Å². The first kappa shape index (κ1) is 18.8. The fraction of sp³-hybridized carbons (Fsp3) is 0.235. The third kappa shape index (κ3) is 4.01. The Morgan fingerprint density at radius 3 is 2.90 bits per heavy atom. The van der Waals surface area contributed by atoms with Gasteiger partial charge >= 0.3 is 5.88 Å². The highest BCUT2D eigenvalue weighted by Crippen LogP contribution is 2.35. The molecule has 1 aliphatic rings. The number of rotatable bonds is 7. The maximum absolute atomic E-state index is 12.5. The number of nitrogens with one attached hydrogen (secondary N) is 2. The quantitative estimate of drug-likeness (QED) is 0.440. The molecule has 4 heterocycles. The number of nitrogens with zero attached hydrogens (tertiary/aromatic N) is 3. The summed E-state index contributed by atoms with van der Waals surface area (Å²) in [6, 6.07) is 5.80. The standard InChI is InChI=1S/C17H15N5O6S/c23-14(18-6-10-2-1-5-27-10)7-21-16(11-8-29-9-12(11)20-21)19-17(24)13-3-4-15(28-13)22(25)26/h1-5H,6-9H2,(H,18,23)(H,19,24). The van der Waals surface area contributed by atoms with Crippen molar-refractivity contribution in [3.63, 3.8) is 0 Å². The van der Waals surface area contributed by atoms with Crippen LogP contribution >= 0.6 is 11.8 Å². The van der Waals surface area contributed by atoms with E-state index in [1.165, 1.54) is 17.0 Å². The van der Waals surface area contributed by atoms with Crippen molar-refractivity contribution in [3.05, 3.63) is 63.4 Å². The first-order chi connectivity index (χ1) is 14.0. The molecule has 0 aliphatic carbocycles. The van der Waals surface area contributed by atoms with E-state index in [-0.39, 0.29) is 24.8 Å². The van der Waals surface area contributed by atoms with Crippen LogP contribution in [0.5, 0.6) is 0 Å². The molecule has 29 heavy (non-hydrogen) atoms. The van der Waals surface area contributed by atoms with E-state index in [0.29, 0.717) is 23.1 Å². The van der Waals surface area contributed by atoms with Gasteiger partial charge in [0.2, 0.25) is 5.91 Å². The Bertz CT molecular complexity index is 1070. The number of fused-ring (bicyclic) bond motifs is 1. The smallest absolute Gasteiger partial charge is 0.433 e. The Balaban J connectivity index is 1.49. The number of hydrogen-bond acceptors (Lipinski definition) is 8. The summed E-state index contributed by atoms with van der Waals surface area (Å²) in [6.45, 7) is 0.132. The second-order valence-electron chi connectivity index (χ2n) is 6.13. The largest absolute Gasteiger partial charge is 0.467 e. The molecule has 0 radical (unpaired) electrons. The normalized spacial score (nSPS) is 12.6. The van der Waals surface area contributed by atoms with E-state index in [0.717, 1.165) is 17.3 Å². The molecule has 150 valence electrons. The van der Waals surface area contributed by atoms with Crippen molar-refractivity contribution in [2.24, 2.45) is 0 Å². The second-order valence-corrected chi connectivity index (χ2v) is 7.12. The van der Waals surface area contributed by atoms with Crippen LogP contribution in [-0.2, 0) is 29.4 Å². The Labute approximate surface area is 167 Å². The zero-order valence-corrected chi connectivity index (χ0v) is 15.7. The van der Waals surface area contributed by atoms with Crippen molar-refractivity contribution in [1.82, 2.24) is 15.1 Å². The monoisotopic (exact) mass is 417 g/mol. The summed E-state index contributed by atoms with van der Waals surface area (Å²) in [5, 5.41) is 20.5. The predicted octanol–water partition coefficient (Wildman–Crippen LogP) is 2.29. The number of thioether (sulfide) groups is 1. The summed E-state index contributed by atoms with van der Waals surface area (Å²) in [6.07, 6.45) is 1.52. The highest BCUT2D eigenvalue weighted by Gasteiger charge is 2.26. The highest BCUT2D eigenvalue weighted by molar-refractivity contribution is 7.98. The number of carbonyl (C=O) groups excluding carboxylic acids is 2. The molecule has 0 saturated carbocycles. The third-order valence-electron chi connectivity index (χ3n) is 4.18. The summed E-state index contributed by atoms with van der Waals surface area (Å²) < 4.78 is 11.5. The molecule has 2 amide bonds. The fourth-order valence-electron chi connectivity index (χ4n) is 2.83. The molecule has 3 aromatic heterocycles. The molecule has 2 N–H and O–H groups in total. The lowest BCUT2D eigenvalue weighted by molar-refractivity contribution is -0.402. The topological polar surface area (TPSA) is 145 Å². The van der Waals surface area contributed by atoms with Gasteiger partial charge in [-0.25, -0.2) is 4.68 Å². The van der Waals surface area contributed by atoms with Gasteiger partial charge < -0.3 is 19.5 Å². The van der Waals surface area contributed by atoms with Gasteiger partial charge in [-0.05, 0) is 18.2 Å². The summed E-state index contributed by atoms with van der Waals surface area (Å²) in [5.74, 6) is 0.609. The van der Waals surface area contributed by atoms with E-state index in [4.69, 9.17) is 8.83 Å². The molecule has 0 spiro atoms. The summed E-state index contributed by atoms with van der Waals surface area (Å²) in [4.78, 5) is 34.8. The van der Waals surface area contributed by atoms with Crippen LogP contribution in [0.4, 0.5) is 11.7 Å². The number of hydrogen-bond donors (Lipinski definition) is 2. The lowest BCUT2D eigenvalue weighted by Gasteiger charge is -2.10. The van der Waals surface area contributed by atoms with Gasteiger partial charge in [0.15, 0.2) is 5.76 Å². The molecule has 4 rings (SSSR count). The van der Waals surface area contributed by atoms with E-state index in [2.05, 4.69) is 15.7 Å². The Hall–Kier alpha value is -3.54. The van der Waals surface area contributed by atoms with Crippen molar-refractivity contribution in [2.75, 3.05) is 5.32 Å². The number of carbonyl (C=O) groups is 2. The molecule has 0 bridgehead atoms. The minimum atomic E-state index is -0.723. The molecule has 0 saturated heterocycles. The van der Waals surface area contributed by atoms with Crippen molar-refractivity contribution >= 4 is 35.3 Å². The second kappa shape index (κ2) is 7.83. The average Bonchev–Trinajstić information content (AvgIpc) is 3.46. The van der Waals surface area contributed by atoms with Gasteiger partial charge in [0.1, 0.15) is 23.0 Å². The van der Waals surface area contributed by atoms with Crippen molar-refractivity contribution in [2.45, 2.75) is 24.6 Å². The van der Waals surface area contributed by atoms with Crippen LogP contribution in [0.2, 0.25) is 0 Å². The van der Waals surface area contributed by atoms with Crippen molar-refractivity contribution < 1.29 is 23.3 Å². The number of furan rings is 2. The Morgan fingerprint density at radius 1 is 1.31 bits per heavy atom. The number of aromatic nitrogens is 2. The maximum Gasteiger partial charge on any atom is 0.433 e. The Kier molecular flexibility index (Phi) is 5.08. The van der Waals surface area contributed by atoms with Crippen LogP contribution < -0.4 is 10.6 Å². The summed E-state index contributed by atoms with van der Waals surface area (Å²) >= 11 is 1.64. The lowest BCUT2D eigenvalue weighted by atomic mass is 10.2. The Morgan fingerprint density at radius 2 is 2.17 bits per heavy atom. The first-order valence-electron chi connectivity index (χ1n) is 8.52. The van der Waals surface area contributed by atoms with Crippen LogP contribution in [0.15, 0.2) is 39.4 Å². The van der Waals surface area contributed by atoms with Crippen molar-refractivity contribution in [3.8, 4) is 0 Å². The number of amides is 2. The van der Waals surface area contributed by atoms with Gasteiger partial charge in [0.05, 0.1) is 24.6 Å². The summed E-state index contributed by atoms with van der Waals surface area (Å²) in [7, 11) is 0. The van der Waals surface area contributed by atoms with Gasteiger partial charge in [0, 0.05) is 17.1 Å². The van der Waals surface area contributed by atoms with E-state index in [1.54, 1.807) is 23.9 Å². The maximum atomic E-state index is 12.5. The van der Waals surface area contributed by atoms with E-state index < -0.39 is 16.7 Å². The van der Waals surface area contributed by atoms with Gasteiger partial charge in [-0.2, -0.15) is 16.9 Å². The molecule has 1 aliphatic heterocycles. The minimum absolute atomic E-state index is 0.105. The average molecular weight is 417 g/mol. The van der Waals surface area contributed by atoms with Gasteiger partial charge in [-0.15, -0.1) is 0 Å². The third-order valence-corrected chi connectivity index (χ3v) is 5.15. The highest BCUT2D eigenvalue weighted by atomic mass is 32.2. The lowest BCUT2D eigenvalue weighted by Crippen LogP contribution is -2.28. The SMILES string of the molecule is O=C(Cn1nc2c(c1NC(=O)c1ccc([N+](=O)[O-])o1)CSC2)NCc1ccco1.